The van der Waals surface area contributed by atoms with Crippen molar-refractivity contribution in [3.05, 3.63) is 29.8 Å². The van der Waals surface area contributed by atoms with Crippen LogP contribution in [0.25, 0.3) is 0 Å². The normalized spacial score (nSPS) is 12.7. The van der Waals surface area contributed by atoms with E-state index in [1.807, 2.05) is 12.1 Å². The minimum atomic E-state index is 0.381. The predicted octanol–water partition coefficient (Wildman–Crippen LogP) is 2.69. The summed E-state index contributed by atoms with van der Waals surface area (Å²) in [7, 11) is 1.70. The van der Waals surface area contributed by atoms with E-state index in [0.717, 1.165) is 31.9 Å². The highest BCUT2D eigenvalue weighted by atomic mass is 16.5. The van der Waals surface area contributed by atoms with Crippen LogP contribution in [0.2, 0.25) is 0 Å². The van der Waals surface area contributed by atoms with E-state index in [9.17, 15) is 0 Å². The van der Waals surface area contributed by atoms with Gasteiger partial charge in [0.05, 0.1) is 7.11 Å². The Hall–Kier alpha value is -1.06. The summed E-state index contributed by atoms with van der Waals surface area (Å²) in [5, 5.41) is 3.55. The van der Waals surface area contributed by atoms with Crippen LogP contribution in [-0.2, 0) is 0 Å². The second-order valence-electron chi connectivity index (χ2n) is 4.48. The van der Waals surface area contributed by atoms with Gasteiger partial charge in [0.1, 0.15) is 5.75 Å². The van der Waals surface area contributed by atoms with Gasteiger partial charge in [-0.3, -0.25) is 0 Å². The molecule has 0 saturated carbocycles. The predicted molar refractivity (Wildman–Crippen MR) is 77.2 cm³/mol. The summed E-state index contributed by atoms with van der Waals surface area (Å²) in [5.41, 5.74) is 1.30. The standard InChI is InChI=1S/C15H26N2O/c1-5-17(6-2)12-11-16-13(3)14-7-9-15(18-4)10-8-14/h7-10,13,16H,5-6,11-12H2,1-4H3/t13-/m1/s1. The molecule has 0 spiro atoms. The van der Waals surface area contributed by atoms with Crippen molar-refractivity contribution in [2.75, 3.05) is 33.3 Å². The molecule has 0 aliphatic heterocycles. The number of methoxy groups -OCH3 is 1. The number of hydrogen-bond donors (Lipinski definition) is 1. The van der Waals surface area contributed by atoms with E-state index in [1.54, 1.807) is 7.11 Å². The van der Waals surface area contributed by atoms with Crippen molar-refractivity contribution in [1.82, 2.24) is 10.2 Å². The molecule has 1 aromatic rings. The first-order valence-corrected chi connectivity index (χ1v) is 6.80. The first kappa shape index (κ1) is 15.0. The Kier molecular flexibility index (Phi) is 6.76. The van der Waals surface area contributed by atoms with Crippen LogP contribution in [0.5, 0.6) is 5.75 Å². The lowest BCUT2D eigenvalue weighted by Crippen LogP contribution is -2.33. The molecule has 0 radical (unpaired) electrons. The maximum atomic E-state index is 5.16. The molecule has 1 rings (SSSR count). The fourth-order valence-corrected chi connectivity index (χ4v) is 1.99. The highest BCUT2D eigenvalue weighted by Gasteiger charge is 2.05. The van der Waals surface area contributed by atoms with Gasteiger partial charge in [0, 0.05) is 19.1 Å². The van der Waals surface area contributed by atoms with E-state index in [2.05, 4.69) is 43.1 Å². The Morgan fingerprint density at radius 3 is 2.28 bits per heavy atom. The average molecular weight is 250 g/mol. The second kappa shape index (κ2) is 8.11. The summed E-state index contributed by atoms with van der Waals surface area (Å²) in [4.78, 5) is 2.42. The fourth-order valence-electron chi connectivity index (χ4n) is 1.99. The molecule has 0 heterocycles. The van der Waals surface area contributed by atoms with E-state index in [4.69, 9.17) is 4.74 Å². The zero-order valence-corrected chi connectivity index (χ0v) is 12.1. The molecule has 0 fully saturated rings. The van der Waals surface area contributed by atoms with E-state index >= 15 is 0 Å². The van der Waals surface area contributed by atoms with Crippen molar-refractivity contribution >= 4 is 0 Å². The topological polar surface area (TPSA) is 24.5 Å². The lowest BCUT2D eigenvalue weighted by Gasteiger charge is -2.20. The highest BCUT2D eigenvalue weighted by molar-refractivity contribution is 5.28. The van der Waals surface area contributed by atoms with Crippen LogP contribution in [0.15, 0.2) is 24.3 Å². The smallest absolute Gasteiger partial charge is 0.118 e. The fraction of sp³-hybridized carbons (Fsp3) is 0.600. The molecule has 1 aromatic carbocycles. The van der Waals surface area contributed by atoms with Crippen molar-refractivity contribution in [3.8, 4) is 5.75 Å². The first-order valence-electron chi connectivity index (χ1n) is 6.80. The van der Waals surface area contributed by atoms with Crippen molar-refractivity contribution in [2.45, 2.75) is 26.8 Å². The monoisotopic (exact) mass is 250 g/mol. The molecule has 0 amide bonds. The summed E-state index contributed by atoms with van der Waals surface area (Å²) in [6, 6.07) is 8.64. The lowest BCUT2D eigenvalue weighted by molar-refractivity contribution is 0.298. The van der Waals surface area contributed by atoms with Crippen molar-refractivity contribution < 1.29 is 4.74 Å². The van der Waals surface area contributed by atoms with Crippen LogP contribution in [-0.4, -0.2) is 38.2 Å². The van der Waals surface area contributed by atoms with E-state index < -0.39 is 0 Å². The number of benzene rings is 1. The van der Waals surface area contributed by atoms with Crippen LogP contribution < -0.4 is 10.1 Å². The Bertz CT molecular complexity index is 320. The zero-order chi connectivity index (χ0) is 13.4. The number of ether oxygens (including phenoxy) is 1. The van der Waals surface area contributed by atoms with Gasteiger partial charge < -0.3 is 15.0 Å². The minimum Gasteiger partial charge on any atom is -0.497 e. The molecule has 1 atom stereocenters. The maximum absolute atomic E-state index is 5.16. The van der Waals surface area contributed by atoms with Crippen LogP contribution in [0.1, 0.15) is 32.4 Å². The molecule has 0 aliphatic carbocycles. The SMILES string of the molecule is CCN(CC)CCN[C@H](C)c1ccc(OC)cc1. The molecule has 0 unspecified atom stereocenters. The summed E-state index contributed by atoms with van der Waals surface area (Å²) < 4.78 is 5.16. The van der Waals surface area contributed by atoms with Gasteiger partial charge in [-0.2, -0.15) is 0 Å². The molecule has 0 aromatic heterocycles. The number of hydrogen-bond acceptors (Lipinski definition) is 3. The van der Waals surface area contributed by atoms with Gasteiger partial charge in [0.15, 0.2) is 0 Å². The zero-order valence-electron chi connectivity index (χ0n) is 12.1. The Morgan fingerprint density at radius 1 is 1.17 bits per heavy atom. The molecular formula is C15H26N2O. The molecule has 3 heteroatoms. The minimum absolute atomic E-state index is 0.381. The Morgan fingerprint density at radius 2 is 1.78 bits per heavy atom. The van der Waals surface area contributed by atoms with Crippen LogP contribution in [0, 0.1) is 0 Å². The van der Waals surface area contributed by atoms with Crippen LogP contribution >= 0.6 is 0 Å². The van der Waals surface area contributed by atoms with E-state index in [0.29, 0.717) is 6.04 Å². The first-order chi connectivity index (χ1) is 8.71. The summed E-state index contributed by atoms with van der Waals surface area (Å²) in [6.07, 6.45) is 0. The summed E-state index contributed by atoms with van der Waals surface area (Å²) >= 11 is 0. The maximum Gasteiger partial charge on any atom is 0.118 e. The molecule has 0 bridgehead atoms. The van der Waals surface area contributed by atoms with Crippen molar-refractivity contribution in [3.63, 3.8) is 0 Å². The van der Waals surface area contributed by atoms with Gasteiger partial charge in [0.25, 0.3) is 0 Å². The van der Waals surface area contributed by atoms with Gasteiger partial charge in [0.2, 0.25) is 0 Å². The number of nitrogens with one attached hydrogen (secondary N) is 1. The number of nitrogens with zero attached hydrogens (tertiary/aromatic N) is 1. The van der Waals surface area contributed by atoms with E-state index in [-0.39, 0.29) is 0 Å². The van der Waals surface area contributed by atoms with Crippen LogP contribution in [0.3, 0.4) is 0 Å². The van der Waals surface area contributed by atoms with Gasteiger partial charge in [-0.25, -0.2) is 0 Å². The van der Waals surface area contributed by atoms with Gasteiger partial charge >= 0.3 is 0 Å². The molecular weight excluding hydrogens is 224 g/mol. The largest absolute Gasteiger partial charge is 0.497 e. The molecule has 102 valence electrons. The third-order valence-electron chi connectivity index (χ3n) is 3.39. The van der Waals surface area contributed by atoms with E-state index in [1.165, 1.54) is 5.56 Å². The third kappa shape index (κ3) is 4.67. The molecule has 0 saturated heterocycles. The molecule has 0 aliphatic rings. The Labute approximate surface area is 111 Å². The highest BCUT2D eigenvalue weighted by Crippen LogP contribution is 2.16. The Balaban J connectivity index is 2.37. The summed E-state index contributed by atoms with van der Waals surface area (Å²) in [6.45, 7) is 11.0. The van der Waals surface area contributed by atoms with Crippen molar-refractivity contribution in [1.29, 1.82) is 0 Å². The quantitative estimate of drug-likeness (QED) is 0.767. The molecule has 18 heavy (non-hydrogen) atoms. The van der Waals surface area contributed by atoms with Gasteiger partial charge in [-0.15, -0.1) is 0 Å². The number of likely N-dealkylation sites (N-methyl/N-ethyl adjacent to an activating group) is 1. The molecule has 1 N–H and O–H groups in total. The lowest BCUT2D eigenvalue weighted by atomic mass is 10.1. The van der Waals surface area contributed by atoms with Crippen molar-refractivity contribution in [2.24, 2.45) is 0 Å². The third-order valence-corrected chi connectivity index (χ3v) is 3.39. The van der Waals surface area contributed by atoms with Crippen LogP contribution in [0.4, 0.5) is 0 Å². The second-order valence-corrected chi connectivity index (χ2v) is 4.48. The summed E-state index contributed by atoms with van der Waals surface area (Å²) in [5.74, 6) is 0.911. The molecule has 3 nitrogen and oxygen atoms in total. The van der Waals surface area contributed by atoms with Gasteiger partial charge in [-0.05, 0) is 37.7 Å². The average Bonchev–Trinajstić information content (AvgIpc) is 2.43. The number of rotatable bonds is 8. The van der Waals surface area contributed by atoms with Gasteiger partial charge in [-0.1, -0.05) is 26.0 Å².